The fourth-order valence-electron chi connectivity index (χ4n) is 3.19. The molecule has 1 unspecified atom stereocenters. The molecule has 9 heteroatoms. The van der Waals surface area contributed by atoms with Gasteiger partial charge in [-0.25, -0.2) is 14.4 Å². The summed E-state index contributed by atoms with van der Waals surface area (Å²) in [6.07, 6.45) is -1.87. The molecule has 2 aromatic heterocycles. The molecule has 0 bridgehead atoms. The third kappa shape index (κ3) is 4.19. The van der Waals surface area contributed by atoms with Crippen molar-refractivity contribution < 1.29 is 22.7 Å². The largest absolute Gasteiger partial charge is 0.416 e. The fraction of sp³-hybridized carbons (Fsp3) is 0.250. The van der Waals surface area contributed by atoms with Crippen LogP contribution in [0.25, 0.3) is 22.6 Å². The Labute approximate surface area is 163 Å². The van der Waals surface area contributed by atoms with Crippen LogP contribution in [-0.4, -0.2) is 39.3 Å². The number of pyridine rings is 1. The number of benzene rings is 1. The Balaban J connectivity index is 1.79. The summed E-state index contributed by atoms with van der Waals surface area (Å²) in [4.78, 5) is 14.5. The summed E-state index contributed by atoms with van der Waals surface area (Å²) >= 11 is 0. The van der Waals surface area contributed by atoms with Crippen LogP contribution in [0.4, 0.5) is 23.4 Å². The SMILES string of the molecule is OC1CCN(c2cc(-c3ccc(C(F)(F)F)cc3)nc(-c3cncc(F)c3)n2)C1. The van der Waals surface area contributed by atoms with Crippen LogP contribution in [0.2, 0.25) is 0 Å². The molecule has 5 nitrogen and oxygen atoms in total. The summed E-state index contributed by atoms with van der Waals surface area (Å²) in [5.41, 5.74) is 0.448. The highest BCUT2D eigenvalue weighted by atomic mass is 19.4. The van der Waals surface area contributed by atoms with E-state index in [9.17, 15) is 22.7 Å². The minimum absolute atomic E-state index is 0.200. The smallest absolute Gasteiger partial charge is 0.391 e. The van der Waals surface area contributed by atoms with Gasteiger partial charge in [0.15, 0.2) is 5.82 Å². The second-order valence-electron chi connectivity index (χ2n) is 6.79. The second-order valence-corrected chi connectivity index (χ2v) is 6.79. The molecule has 150 valence electrons. The normalized spacial score (nSPS) is 17.0. The number of alkyl halides is 3. The number of β-amino-alcohol motifs (C(OH)–C–C–N with tert-alkyl or cyclic N) is 1. The van der Waals surface area contributed by atoms with E-state index < -0.39 is 23.7 Å². The molecule has 1 aliphatic heterocycles. The van der Waals surface area contributed by atoms with Crippen molar-refractivity contribution in [3.8, 4) is 22.6 Å². The Bertz CT molecular complexity index is 1020. The standard InChI is InChI=1S/C20H16F4N4O/c21-15-7-13(9-25-10-15)19-26-17(8-18(27-19)28-6-5-16(29)11-28)12-1-3-14(4-2-12)20(22,23)24/h1-4,7-10,16,29H,5-6,11H2. The number of anilines is 1. The minimum atomic E-state index is -4.43. The minimum Gasteiger partial charge on any atom is -0.391 e. The number of aliphatic hydroxyl groups is 1. The maximum absolute atomic E-state index is 13.6. The second kappa shape index (κ2) is 7.40. The van der Waals surface area contributed by atoms with Gasteiger partial charge in [-0.05, 0) is 24.6 Å². The highest BCUT2D eigenvalue weighted by Gasteiger charge is 2.30. The lowest BCUT2D eigenvalue weighted by Crippen LogP contribution is -2.22. The van der Waals surface area contributed by atoms with Crippen LogP contribution in [0.15, 0.2) is 48.8 Å². The number of aliphatic hydroxyl groups excluding tert-OH is 1. The Morgan fingerprint density at radius 3 is 2.38 bits per heavy atom. The van der Waals surface area contributed by atoms with Crippen molar-refractivity contribution in [2.75, 3.05) is 18.0 Å². The number of hydrogen-bond donors (Lipinski definition) is 1. The van der Waals surface area contributed by atoms with E-state index in [1.165, 1.54) is 24.4 Å². The van der Waals surface area contributed by atoms with Gasteiger partial charge in [-0.15, -0.1) is 0 Å². The number of hydrogen-bond acceptors (Lipinski definition) is 5. The number of rotatable bonds is 3. The molecule has 0 amide bonds. The maximum Gasteiger partial charge on any atom is 0.416 e. The van der Waals surface area contributed by atoms with E-state index in [0.717, 1.165) is 18.3 Å². The van der Waals surface area contributed by atoms with Crippen molar-refractivity contribution in [2.45, 2.75) is 18.7 Å². The predicted octanol–water partition coefficient (Wildman–Crippen LogP) is 3.93. The van der Waals surface area contributed by atoms with Crippen LogP contribution in [0, 0.1) is 5.82 Å². The van der Waals surface area contributed by atoms with E-state index >= 15 is 0 Å². The molecule has 3 aromatic rings. The molecule has 4 rings (SSSR count). The van der Waals surface area contributed by atoms with E-state index in [1.54, 1.807) is 6.07 Å². The third-order valence-corrected chi connectivity index (χ3v) is 4.67. The van der Waals surface area contributed by atoms with Gasteiger partial charge in [-0.3, -0.25) is 4.98 Å². The molecule has 3 heterocycles. The van der Waals surface area contributed by atoms with Crippen LogP contribution < -0.4 is 4.90 Å². The van der Waals surface area contributed by atoms with Gasteiger partial charge in [-0.2, -0.15) is 13.2 Å². The zero-order valence-corrected chi connectivity index (χ0v) is 15.1. The number of halogens is 4. The molecule has 0 radical (unpaired) electrons. The van der Waals surface area contributed by atoms with Crippen molar-refractivity contribution >= 4 is 5.82 Å². The fourth-order valence-corrected chi connectivity index (χ4v) is 3.19. The highest BCUT2D eigenvalue weighted by molar-refractivity contribution is 5.68. The van der Waals surface area contributed by atoms with E-state index in [4.69, 9.17) is 0 Å². The average Bonchev–Trinajstić information content (AvgIpc) is 3.13. The quantitative estimate of drug-likeness (QED) is 0.671. The van der Waals surface area contributed by atoms with Gasteiger partial charge in [0, 0.05) is 36.5 Å². The van der Waals surface area contributed by atoms with Crippen LogP contribution in [-0.2, 0) is 6.18 Å². The van der Waals surface area contributed by atoms with Gasteiger partial charge in [0.05, 0.1) is 23.6 Å². The topological polar surface area (TPSA) is 62.1 Å². The Morgan fingerprint density at radius 1 is 1.00 bits per heavy atom. The summed E-state index contributed by atoms with van der Waals surface area (Å²) in [6, 6.07) is 7.53. The first-order valence-electron chi connectivity index (χ1n) is 8.90. The van der Waals surface area contributed by atoms with Crippen molar-refractivity contribution in [1.29, 1.82) is 0 Å². The first-order chi connectivity index (χ1) is 13.8. The number of aromatic nitrogens is 3. The van der Waals surface area contributed by atoms with E-state index in [-0.39, 0.29) is 5.82 Å². The lowest BCUT2D eigenvalue weighted by molar-refractivity contribution is -0.137. The summed E-state index contributed by atoms with van der Waals surface area (Å²) in [7, 11) is 0. The lowest BCUT2D eigenvalue weighted by atomic mass is 10.1. The highest BCUT2D eigenvalue weighted by Crippen LogP contribution is 2.32. The first-order valence-corrected chi connectivity index (χ1v) is 8.90. The molecule has 1 atom stereocenters. The van der Waals surface area contributed by atoms with Crippen molar-refractivity contribution in [2.24, 2.45) is 0 Å². The molecule has 1 saturated heterocycles. The molecule has 1 aromatic carbocycles. The van der Waals surface area contributed by atoms with Gasteiger partial charge < -0.3 is 10.0 Å². The Morgan fingerprint density at radius 2 is 1.76 bits per heavy atom. The van der Waals surface area contributed by atoms with Gasteiger partial charge in [-0.1, -0.05) is 12.1 Å². The van der Waals surface area contributed by atoms with Crippen LogP contribution in [0.3, 0.4) is 0 Å². The van der Waals surface area contributed by atoms with Crippen molar-refractivity contribution in [3.63, 3.8) is 0 Å². The Kier molecular flexibility index (Phi) is 4.91. The Hall–Kier alpha value is -3.07. The zero-order chi connectivity index (χ0) is 20.6. The predicted molar refractivity (Wildman–Crippen MR) is 98.5 cm³/mol. The molecule has 0 aliphatic carbocycles. The van der Waals surface area contributed by atoms with E-state index in [2.05, 4.69) is 15.0 Å². The first kappa shape index (κ1) is 19.3. The summed E-state index contributed by atoms with van der Waals surface area (Å²) < 4.78 is 52.2. The molecule has 1 fully saturated rings. The third-order valence-electron chi connectivity index (χ3n) is 4.67. The summed E-state index contributed by atoms with van der Waals surface area (Å²) in [5, 5.41) is 9.83. The van der Waals surface area contributed by atoms with Gasteiger partial charge in [0.25, 0.3) is 0 Å². The van der Waals surface area contributed by atoms with E-state index in [1.807, 2.05) is 4.90 Å². The molecular formula is C20H16F4N4O. The van der Waals surface area contributed by atoms with Crippen LogP contribution in [0.1, 0.15) is 12.0 Å². The van der Waals surface area contributed by atoms with Crippen LogP contribution in [0.5, 0.6) is 0 Å². The number of nitrogens with zero attached hydrogens (tertiary/aromatic N) is 4. The zero-order valence-electron chi connectivity index (χ0n) is 15.1. The molecule has 0 spiro atoms. The molecule has 1 N–H and O–H groups in total. The van der Waals surface area contributed by atoms with Crippen molar-refractivity contribution in [3.05, 3.63) is 60.2 Å². The van der Waals surface area contributed by atoms with Crippen LogP contribution >= 0.6 is 0 Å². The van der Waals surface area contributed by atoms with Gasteiger partial charge in [0.2, 0.25) is 0 Å². The van der Waals surface area contributed by atoms with Gasteiger partial charge >= 0.3 is 6.18 Å². The summed E-state index contributed by atoms with van der Waals surface area (Å²) in [6.45, 7) is 0.954. The maximum atomic E-state index is 13.6. The van der Waals surface area contributed by atoms with E-state index in [0.29, 0.717) is 42.1 Å². The molecular weight excluding hydrogens is 388 g/mol. The summed E-state index contributed by atoms with van der Waals surface area (Å²) in [5.74, 6) is 0.153. The molecule has 0 saturated carbocycles. The molecule has 29 heavy (non-hydrogen) atoms. The lowest BCUT2D eigenvalue weighted by Gasteiger charge is -2.18. The monoisotopic (exact) mass is 404 g/mol. The van der Waals surface area contributed by atoms with Crippen molar-refractivity contribution in [1.82, 2.24) is 15.0 Å². The van der Waals surface area contributed by atoms with Gasteiger partial charge in [0.1, 0.15) is 11.6 Å². The molecule has 1 aliphatic rings. The average molecular weight is 404 g/mol.